The molecular formula is C15H19N3O2S. The number of carbonyl (C=O) groups excluding carboxylic acids is 1. The number of aromatic nitrogens is 2. The molecular weight excluding hydrogens is 286 g/mol. The van der Waals surface area contributed by atoms with Gasteiger partial charge in [0.1, 0.15) is 11.3 Å². The van der Waals surface area contributed by atoms with Gasteiger partial charge in [-0.2, -0.15) is 0 Å². The first kappa shape index (κ1) is 15.4. The van der Waals surface area contributed by atoms with Crippen molar-refractivity contribution in [2.24, 2.45) is 0 Å². The lowest BCUT2D eigenvalue weighted by molar-refractivity contribution is -0.116. The first-order chi connectivity index (χ1) is 10.3. The minimum absolute atomic E-state index is 0.0614. The summed E-state index contributed by atoms with van der Waals surface area (Å²) >= 11 is 1.31. The van der Waals surface area contributed by atoms with Crippen LogP contribution < -0.4 is 10.1 Å². The van der Waals surface area contributed by atoms with Crippen LogP contribution in [-0.2, 0) is 11.2 Å². The predicted molar refractivity (Wildman–Crippen MR) is 83.7 cm³/mol. The molecule has 0 radical (unpaired) electrons. The number of hydrogen-bond acceptors (Lipinski definition) is 5. The average Bonchev–Trinajstić information content (AvgIpc) is 2.98. The van der Waals surface area contributed by atoms with Crippen molar-refractivity contribution in [2.75, 3.05) is 11.9 Å². The maximum absolute atomic E-state index is 11.6. The van der Waals surface area contributed by atoms with E-state index in [4.69, 9.17) is 4.74 Å². The SMILES string of the molecule is CCCc1ccc(OCCCC(=O)Nc2nncs2)cc1. The monoisotopic (exact) mass is 305 g/mol. The van der Waals surface area contributed by atoms with E-state index >= 15 is 0 Å². The Hall–Kier alpha value is -1.95. The Labute approximate surface area is 128 Å². The van der Waals surface area contributed by atoms with Gasteiger partial charge in [-0.05, 0) is 30.5 Å². The van der Waals surface area contributed by atoms with Gasteiger partial charge in [0.05, 0.1) is 6.61 Å². The van der Waals surface area contributed by atoms with Crippen LogP contribution in [0.1, 0.15) is 31.7 Å². The summed E-state index contributed by atoms with van der Waals surface area (Å²) in [7, 11) is 0. The van der Waals surface area contributed by atoms with E-state index in [1.807, 2.05) is 12.1 Å². The van der Waals surface area contributed by atoms with Crippen LogP contribution in [0.3, 0.4) is 0 Å². The van der Waals surface area contributed by atoms with Crippen molar-refractivity contribution in [1.29, 1.82) is 0 Å². The Morgan fingerprint density at radius 1 is 1.33 bits per heavy atom. The predicted octanol–water partition coefficient (Wildman–Crippen LogP) is 3.29. The summed E-state index contributed by atoms with van der Waals surface area (Å²) in [6, 6.07) is 8.13. The second kappa shape index (κ2) is 8.36. The molecule has 0 spiro atoms. The van der Waals surface area contributed by atoms with E-state index in [1.54, 1.807) is 5.51 Å². The number of rotatable bonds is 8. The van der Waals surface area contributed by atoms with Crippen LogP contribution in [0, 0.1) is 0 Å². The van der Waals surface area contributed by atoms with Crippen LogP contribution in [0.2, 0.25) is 0 Å². The molecule has 0 aliphatic heterocycles. The average molecular weight is 305 g/mol. The molecule has 0 atom stereocenters. The number of nitrogens with one attached hydrogen (secondary N) is 1. The first-order valence-electron chi connectivity index (χ1n) is 7.05. The summed E-state index contributed by atoms with van der Waals surface area (Å²) in [6.45, 7) is 2.69. The molecule has 0 saturated heterocycles. The van der Waals surface area contributed by atoms with Gasteiger partial charge >= 0.3 is 0 Å². The number of carbonyl (C=O) groups is 1. The zero-order chi connectivity index (χ0) is 14.9. The molecule has 6 heteroatoms. The molecule has 21 heavy (non-hydrogen) atoms. The van der Waals surface area contributed by atoms with Gasteiger partial charge in [-0.25, -0.2) is 0 Å². The second-order valence-corrected chi connectivity index (χ2v) is 5.47. The number of ether oxygens (including phenoxy) is 1. The van der Waals surface area contributed by atoms with Crippen LogP contribution in [0.4, 0.5) is 5.13 Å². The first-order valence-corrected chi connectivity index (χ1v) is 7.93. The van der Waals surface area contributed by atoms with Crippen LogP contribution >= 0.6 is 11.3 Å². The normalized spacial score (nSPS) is 10.3. The molecule has 2 aromatic rings. The smallest absolute Gasteiger partial charge is 0.226 e. The number of amides is 1. The van der Waals surface area contributed by atoms with Gasteiger partial charge in [0, 0.05) is 6.42 Å². The van der Waals surface area contributed by atoms with Crippen molar-refractivity contribution in [3.8, 4) is 5.75 Å². The third-order valence-corrected chi connectivity index (χ3v) is 3.49. The van der Waals surface area contributed by atoms with Gasteiger partial charge in [-0.1, -0.05) is 36.8 Å². The molecule has 112 valence electrons. The minimum Gasteiger partial charge on any atom is -0.494 e. The maximum Gasteiger partial charge on any atom is 0.226 e. The lowest BCUT2D eigenvalue weighted by Crippen LogP contribution is -2.12. The fourth-order valence-electron chi connectivity index (χ4n) is 1.87. The molecule has 1 aromatic carbocycles. The molecule has 0 saturated carbocycles. The fraction of sp³-hybridized carbons (Fsp3) is 0.400. The molecule has 1 amide bonds. The lowest BCUT2D eigenvalue weighted by atomic mass is 10.1. The van der Waals surface area contributed by atoms with Gasteiger partial charge in [0.2, 0.25) is 11.0 Å². The quantitative estimate of drug-likeness (QED) is 0.760. The molecule has 0 bridgehead atoms. The topological polar surface area (TPSA) is 64.1 Å². The number of anilines is 1. The van der Waals surface area contributed by atoms with Crippen molar-refractivity contribution in [2.45, 2.75) is 32.6 Å². The Morgan fingerprint density at radius 3 is 2.81 bits per heavy atom. The highest BCUT2D eigenvalue weighted by atomic mass is 32.1. The molecule has 5 nitrogen and oxygen atoms in total. The van der Waals surface area contributed by atoms with E-state index in [2.05, 4.69) is 34.6 Å². The highest BCUT2D eigenvalue weighted by Gasteiger charge is 2.04. The summed E-state index contributed by atoms with van der Waals surface area (Å²) in [5.41, 5.74) is 2.90. The van der Waals surface area contributed by atoms with E-state index in [0.29, 0.717) is 24.6 Å². The Morgan fingerprint density at radius 2 is 2.14 bits per heavy atom. The largest absolute Gasteiger partial charge is 0.494 e. The molecule has 2 rings (SSSR count). The van der Waals surface area contributed by atoms with Gasteiger partial charge in [0.15, 0.2) is 0 Å². The standard InChI is InChI=1S/C15H19N3O2S/c1-2-4-12-6-8-13(9-7-12)20-10-3-5-14(19)17-15-18-16-11-21-15/h6-9,11H,2-5,10H2,1H3,(H,17,18,19). The summed E-state index contributed by atoms with van der Waals surface area (Å²) < 4.78 is 5.62. The van der Waals surface area contributed by atoms with E-state index in [9.17, 15) is 4.79 Å². The lowest BCUT2D eigenvalue weighted by Gasteiger charge is -2.07. The van der Waals surface area contributed by atoms with Gasteiger partial charge in [-0.3, -0.25) is 4.79 Å². The van der Waals surface area contributed by atoms with Gasteiger partial charge < -0.3 is 10.1 Å². The summed E-state index contributed by atoms with van der Waals surface area (Å²) in [6.07, 6.45) is 3.31. The Kier molecular flexibility index (Phi) is 6.15. The van der Waals surface area contributed by atoms with Crippen molar-refractivity contribution in [3.05, 3.63) is 35.3 Å². The summed E-state index contributed by atoms with van der Waals surface area (Å²) in [5, 5.41) is 10.6. The van der Waals surface area contributed by atoms with Crippen molar-refractivity contribution >= 4 is 22.4 Å². The molecule has 0 fully saturated rings. The van der Waals surface area contributed by atoms with Crippen molar-refractivity contribution in [1.82, 2.24) is 10.2 Å². The zero-order valence-corrected chi connectivity index (χ0v) is 12.9. The molecule has 1 N–H and O–H groups in total. The number of nitrogens with zero attached hydrogens (tertiary/aromatic N) is 2. The number of aryl methyl sites for hydroxylation is 1. The number of hydrogen-bond donors (Lipinski definition) is 1. The van der Waals surface area contributed by atoms with Crippen LogP contribution in [0.15, 0.2) is 29.8 Å². The van der Waals surface area contributed by atoms with Gasteiger partial charge in [0.25, 0.3) is 0 Å². The molecule has 0 aliphatic rings. The molecule has 1 heterocycles. The number of benzene rings is 1. The van der Waals surface area contributed by atoms with E-state index in [1.165, 1.54) is 16.9 Å². The fourth-order valence-corrected chi connectivity index (χ4v) is 2.33. The van der Waals surface area contributed by atoms with Gasteiger partial charge in [-0.15, -0.1) is 10.2 Å². The van der Waals surface area contributed by atoms with E-state index in [-0.39, 0.29) is 5.91 Å². The Balaban J connectivity index is 1.63. The zero-order valence-electron chi connectivity index (χ0n) is 12.0. The van der Waals surface area contributed by atoms with E-state index < -0.39 is 0 Å². The highest BCUT2D eigenvalue weighted by Crippen LogP contribution is 2.14. The van der Waals surface area contributed by atoms with Crippen LogP contribution in [0.25, 0.3) is 0 Å². The van der Waals surface area contributed by atoms with E-state index in [0.717, 1.165) is 18.6 Å². The summed E-state index contributed by atoms with van der Waals surface area (Å²) in [4.78, 5) is 11.6. The van der Waals surface area contributed by atoms with Crippen LogP contribution in [-0.4, -0.2) is 22.7 Å². The Bertz CT molecular complexity index is 541. The molecule has 0 unspecified atom stereocenters. The summed E-state index contributed by atoms with van der Waals surface area (Å²) in [5.74, 6) is 0.785. The third kappa shape index (κ3) is 5.51. The van der Waals surface area contributed by atoms with Crippen molar-refractivity contribution < 1.29 is 9.53 Å². The minimum atomic E-state index is -0.0614. The molecule has 1 aromatic heterocycles. The third-order valence-electron chi connectivity index (χ3n) is 2.89. The molecule has 0 aliphatic carbocycles. The second-order valence-electron chi connectivity index (χ2n) is 4.64. The van der Waals surface area contributed by atoms with Crippen molar-refractivity contribution in [3.63, 3.8) is 0 Å². The van der Waals surface area contributed by atoms with Crippen LogP contribution in [0.5, 0.6) is 5.75 Å². The highest BCUT2D eigenvalue weighted by molar-refractivity contribution is 7.13. The maximum atomic E-state index is 11.6.